The average molecular weight is 681 g/mol. The summed E-state index contributed by atoms with van der Waals surface area (Å²) in [6, 6.07) is 16.1. The largest absolute Gasteiger partial charge is 0.382 e. The molecule has 4 aromatic rings. The van der Waals surface area contributed by atoms with Crippen LogP contribution in [0.4, 0.5) is 11.5 Å². The van der Waals surface area contributed by atoms with Gasteiger partial charge in [-0.25, -0.2) is 9.97 Å². The molecule has 1 saturated heterocycles. The molecular weight excluding hydrogens is 626 g/mol. The number of carbonyl (C=O) groups excluding carboxylic acids is 2. The van der Waals surface area contributed by atoms with Crippen molar-refractivity contribution < 1.29 is 14.3 Å². The van der Waals surface area contributed by atoms with E-state index in [2.05, 4.69) is 47.7 Å². The van der Waals surface area contributed by atoms with E-state index in [9.17, 15) is 9.59 Å². The first kappa shape index (κ1) is 37.1. The van der Waals surface area contributed by atoms with Crippen LogP contribution < -0.4 is 10.2 Å². The Hall–Kier alpha value is -4.17. The van der Waals surface area contributed by atoms with Crippen LogP contribution >= 0.6 is 0 Å². The highest BCUT2D eigenvalue weighted by Crippen LogP contribution is 2.34. The van der Waals surface area contributed by atoms with Crippen LogP contribution in [0.25, 0.3) is 21.9 Å². The number of likely N-dealkylation sites (N-methyl/N-ethyl adjacent to an activating group) is 1. The normalized spacial score (nSPS) is 14.7. The van der Waals surface area contributed by atoms with Gasteiger partial charge in [-0.3, -0.25) is 19.0 Å². The maximum absolute atomic E-state index is 12.6. The number of imidazole rings is 1. The second-order valence-electron chi connectivity index (χ2n) is 14.1. The standard InChI is InChI=1S/C40H54N7O3/c1-4-5-14-37-44-38-39(46(37)18-9-7-6-8-13-34(49)27-31-11-10-12-32(26-31)29-41)35-28-33(15-16-36(35)43-40(38)42)47(3)22-19-45(20-23-47)21-25-50-24-17-30(2)48/h10-12,15-16,26,28H,4-9,13-14,17-25,27H2,1-3H3,(H2,42,43)/q+1. The molecule has 1 fully saturated rings. The summed E-state index contributed by atoms with van der Waals surface area (Å²) in [5.74, 6) is 1.94. The van der Waals surface area contributed by atoms with Crippen LogP contribution in [0.1, 0.15) is 82.2 Å². The summed E-state index contributed by atoms with van der Waals surface area (Å²) in [4.78, 5) is 36.1. The van der Waals surface area contributed by atoms with Crippen molar-refractivity contribution in [1.82, 2.24) is 23.9 Å². The van der Waals surface area contributed by atoms with Gasteiger partial charge in [-0.2, -0.15) is 5.26 Å². The number of ether oxygens (including phenoxy) is 1. The smallest absolute Gasteiger partial charge is 0.152 e. The van der Waals surface area contributed by atoms with Gasteiger partial charge in [0, 0.05) is 69.4 Å². The first-order valence-electron chi connectivity index (χ1n) is 18.4. The lowest BCUT2D eigenvalue weighted by molar-refractivity contribution is -0.119. The van der Waals surface area contributed by atoms with Gasteiger partial charge in [0.2, 0.25) is 0 Å². The van der Waals surface area contributed by atoms with Crippen LogP contribution in [-0.4, -0.2) is 84.0 Å². The number of aromatic nitrogens is 3. The Kier molecular flexibility index (Phi) is 13.1. The third-order valence-electron chi connectivity index (χ3n) is 10.2. The van der Waals surface area contributed by atoms with Crippen molar-refractivity contribution in [3.63, 3.8) is 0 Å². The Morgan fingerprint density at radius 3 is 2.54 bits per heavy atom. The van der Waals surface area contributed by atoms with E-state index < -0.39 is 0 Å². The summed E-state index contributed by atoms with van der Waals surface area (Å²) in [7, 11) is 2.32. The molecule has 0 saturated carbocycles. The third-order valence-corrected chi connectivity index (χ3v) is 10.2. The summed E-state index contributed by atoms with van der Waals surface area (Å²) in [6.45, 7) is 10.7. The number of pyridine rings is 1. The zero-order chi connectivity index (χ0) is 35.5. The molecule has 266 valence electrons. The molecule has 0 unspecified atom stereocenters. The minimum atomic E-state index is 0.166. The summed E-state index contributed by atoms with van der Waals surface area (Å²) in [5, 5.41) is 10.2. The van der Waals surface area contributed by atoms with E-state index in [4.69, 9.17) is 25.7 Å². The van der Waals surface area contributed by atoms with E-state index in [1.54, 1.807) is 19.1 Å². The summed E-state index contributed by atoms with van der Waals surface area (Å²) in [6.07, 6.45) is 8.36. The molecule has 2 N–H and O–H groups in total. The molecule has 0 spiro atoms. The number of benzene rings is 2. The van der Waals surface area contributed by atoms with E-state index >= 15 is 0 Å². The van der Waals surface area contributed by atoms with E-state index in [0.29, 0.717) is 43.9 Å². The predicted molar refractivity (Wildman–Crippen MR) is 201 cm³/mol. The molecule has 3 heterocycles. The molecule has 1 aliphatic rings. The van der Waals surface area contributed by atoms with Crippen LogP contribution in [0.15, 0.2) is 42.5 Å². The van der Waals surface area contributed by atoms with Gasteiger partial charge in [0.25, 0.3) is 0 Å². The van der Waals surface area contributed by atoms with Crippen molar-refractivity contribution in [2.75, 3.05) is 58.7 Å². The first-order chi connectivity index (χ1) is 24.2. The van der Waals surface area contributed by atoms with Gasteiger partial charge in [-0.05, 0) is 49.9 Å². The Morgan fingerprint density at radius 2 is 1.78 bits per heavy atom. The van der Waals surface area contributed by atoms with Crippen LogP contribution in [-0.2, 0) is 33.7 Å². The number of Topliss-reactive ketones (excluding diaryl/α,β-unsaturated/α-hetero) is 2. The number of ketones is 2. The van der Waals surface area contributed by atoms with E-state index in [0.717, 1.165) is 122 Å². The number of aryl methyl sites for hydroxylation is 2. The SMILES string of the molecule is CCCCc1nc2c(N)nc3ccc([N+]4(C)CCN(CCOCCC(C)=O)CC4)cc3c2n1CCCCCCC(=O)Cc1cccc(C#N)c1. The minimum absolute atomic E-state index is 0.166. The Labute approximate surface area is 296 Å². The average Bonchev–Trinajstić information content (AvgIpc) is 3.48. The molecule has 5 rings (SSSR count). The fraction of sp³-hybridized carbons (Fsp3) is 0.525. The molecule has 10 nitrogen and oxygen atoms in total. The van der Waals surface area contributed by atoms with Gasteiger partial charge in [0.15, 0.2) is 5.82 Å². The topological polar surface area (TPSA) is 127 Å². The minimum Gasteiger partial charge on any atom is -0.382 e. The molecule has 0 atom stereocenters. The summed E-state index contributed by atoms with van der Waals surface area (Å²) < 4.78 is 8.93. The number of piperazine rings is 1. The summed E-state index contributed by atoms with van der Waals surface area (Å²) in [5.41, 5.74) is 12.1. The van der Waals surface area contributed by atoms with Crippen molar-refractivity contribution in [2.45, 2.75) is 84.6 Å². The fourth-order valence-electron chi connectivity index (χ4n) is 7.00. The predicted octanol–water partition coefficient (Wildman–Crippen LogP) is 6.39. The Balaban J connectivity index is 1.25. The third kappa shape index (κ3) is 9.53. The van der Waals surface area contributed by atoms with Gasteiger partial charge in [-0.1, -0.05) is 38.3 Å². The van der Waals surface area contributed by atoms with Gasteiger partial charge in [-0.15, -0.1) is 0 Å². The maximum Gasteiger partial charge on any atom is 0.152 e. The van der Waals surface area contributed by atoms with E-state index in [1.807, 2.05) is 12.1 Å². The van der Waals surface area contributed by atoms with Gasteiger partial charge < -0.3 is 15.0 Å². The van der Waals surface area contributed by atoms with Gasteiger partial charge in [0.1, 0.15) is 28.6 Å². The number of quaternary nitrogens is 1. The van der Waals surface area contributed by atoms with Crippen molar-refractivity contribution in [1.29, 1.82) is 5.26 Å². The van der Waals surface area contributed by atoms with Crippen molar-refractivity contribution in [3.05, 3.63) is 59.4 Å². The lowest BCUT2D eigenvalue weighted by atomic mass is 10.0. The number of nitrogen functional groups attached to an aromatic ring is 1. The van der Waals surface area contributed by atoms with Crippen molar-refractivity contribution in [3.8, 4) is 6.07 Å². The van der Waals surface area contributed by atoms with Crippen LogP contribution in [0.3, 0.4) is 0 Å². The van der Waals surface area contributed by atoms with Crippen molar-refractivity contribution in [2.24, 2.45) is 0 Å². The van der Waals surface area contributed by atoms with Gasteiger partial charge in [0.05, 0.1) is 56.0 Å². The Morgan fingerprint density at radius 1 is 0.980 bits per heavy atom. The highest BCUT2D eigenvalue weighted by atomic mass is 16.5. The number of carbonyl (C=O) groups is 2. The fourth-order valence-corrected chi connectivity index (χ4v) is 7.00. The molecule has 2 aromatic carbocycles. The highest BCUT2D eigenvalue weighted by molar-refractivity contribution is 6.07. The Bertz CT molecular complexity index is 1820. The van der Waals surface area contributed by atoms with Crippen LogP contribution in [0, 0.1) is 11.3 Å². The molecular formula is C40H54N7O3+. The molecule has 0 aliphatic carbocycles. The number of anilines is 1. The second-order valence-corrected chi connectivity index (χ2v) is 14.1. The number of nitrogens with two attached hydrogens (primary N) is 1. The molecule has 0 radical (unpaired) electrons. The van der Waals surface area contributed by atoms with Crippen molar-refractivity contribution >= 4 is 45.0 Å². The number of nitrogens with zero attached hydrogens (tertiary/aromatic N) is 6. The molecule has 50 heavy (non-hydrogen) atoms. The number of hydrogen-bond donors (Lipinski definition) is 1. The van der Waals surface area contributed by atoms with Crippen LogP contribution in [0.2, 0.25) is 0 Å². The lowest BCUT2D eigenvalue weighted by Crippen LogP contribution is -2.58. The van der Waals surface area contributed by atoms with Crippen LogP contribution in [0.5, 0.6) is 0 Å². The van der Waals surface area contributed by atoms with Gasteiger partial charge >= 0.3 is 0 Å². The number of nitriles is 1. The number of fused-ring (bicyclic) bond motifs is 3. The van der Waals surface area contributed by atoms with E-state index in [-0.39, 0.29) is 11.6 Å². The number of rotatable bonds is 19. The second kappa shape index (κ2) is 17.7. The quantitative estimate of drug-likeness (QED) is 0.0892. The number of hydrogen-bond acceptors (Lipinski definition) is 8. The monoisotopic (exact) mass is 680 g/mol. The molecule has 0 amide bonds. The lowest BCUT2D eigenvalue weighted by Gasteiger charge is -2.41. The molecule has 10 heteroatoms. The molecule has 2 aromatic heterocycles. The van der Waals surface area contributed by atoms with E-state index in [1.165, 1.54) is 5.69 Å². The molecule has 1 aliphatic heterocycles. The maximum atomic E-state index is 12.6. The molecule has 0 bridgehead atoms. The highest BCUT2D eigenvalue weighted by Gasteiger charge is 2.31. The number of unbranched alkanes of at least 4 members (excludes halogenated alkanes) is 4. The zero-order valence-electron chi connectivity index (χ0n) is 30.3. The summed E-state index contributed by atoms with van der Waals surface area (Å²) >= 11 is 0. The first-order valence-corrected chi connectivity index (χ1v) is 18.4. The zero-order valence-corrected chi connectivity index (χ0v) is 30.3.